The maximum absolute atomic E-state index is 12.1. The summed E-state index contributed by atoms with van der Waals surface area (Å²) in [7, 11) is 1.43. The molecule has 0 bridgehead atoms. The molecule has 0 spiro atoms. The average Bonchev–Trinajstić information content (AvgIpc) is 3.00. The van der Waals surface area contributed by atoms with Gasteiger partial charge in [0.1, 0.15) is 11.6 Å². The molecule has 3 rings (SSSR count). The van der Waals surface area contributed by atoms with Crippen LogP contribution in [0.25, 0.3) is 0 Å². The molecule has 2 heterocycles. The number of aryl methyl sites for hydroxylation is 3. The van der Waals surface area contributed by atoms with E-state index in [1.165, 1.54) is 12.7 Å². The molecule has 1 aliphatic heterocycles. The van der Waals surface area contributed by atoms with Crippen LogP contribution in [0.1, 0.15) is 42.5 Å². The van der Waals surface area contributed by atoms with Gasteiger partial charge in [-0.2, -0.15) is 5.10 Å². The van der Waals surface area contributed by atoms with Crippen LogP contribution in [0, 0.1) is 6.92 Å². The minimum absolute atomic E-state index is 0.0526. The number of carbonyl (C=O) groups excluding carboxylic acids is 1. The Morgan fingerprint density at radius 3 is 2.83 bits per heavy atom. The zero-order valence-electron chi connectivity index (χ0n) is 14.3. The third kappa shape index (κ3) is 3.58. The molecule has 0 saturated carbocycles. The molecule has 6 nitrogen and oxygen atoms in total. The third-order valence-electron chi connectivity index (χ3n) is 4.47. The van der Waals surface area contributed by atoms with Crippen LogP contribution in [0.15, 0.2) is 30.3 Å². The normalized spacial score (nSPS) is 17.8. The predicted molar refractivity (Wildman–Crippen MR) is 90.6 cm³/mol. The molecule has 0 radical (unpaired) electrons. The first-order valence-electron chi connectivity index (χ1n) is 8.49. The fourth-order valence-corrected chi connectivity index (χ4v) is 3.30. The SMILES string of the molecule is COC(=O)N1CCCC[C@H]1c1nc(C)nn1CCc1ccccc1. The van der Waals surface area contributed by atoms with Crippen LogP contribution in [0.4, 0.5) is 4.79 Å². The highest BCUT2D eigenvalue weighted by atomic mass is 16.5. The highest BCUT2D eigenvalue weighted by Crippen LogP contribution is 2.30. The highest BCUT2D eigenvalue weighted by molar-refractivity contribution is 5.68. The summed E-state index contributed by atoms with van der Waals surface area (Å²) < 4.78 is 6.90. The fourth-order valence-electron chi connectivity index (χ4n) is 3.30. The smallest absolute Gasteiger partial charge is 0.410 e. The third-order valence-corrected chi connectivity index (χ3v) is 4.47. The Bertz CT molecular complexity index is 684. The number of benzene rings is 1. The molecule has 0 unspecified atom stereocenters. The Kier molecular flexibility index (Phi) is 5.13. The van der Waals surface area contributed by atoms with Crippen LogP contribution in [0.3, 0.4) is 0 Å². The molecule has 1 amide bonds. The van der Waals surface area contributed by atoms with Crippen LogP contribution in [-0.2, 0) is 17.7 Å². The monoisotopic (exact) mass is 328 g/mol. The van der Waals surface area contributed by atoms with E-state index in [9.17, 15) is 4.79 Å². The zero-order chi connectivity index (χ0) is 16.9. The lowest BCUT2D eigenvalue weighted by molar-refractivity contribution is 0.0854. The molecule has 2 aromatic rings. The molecule has 1 saturated heterocycles. The summed E-state index contributed by atoms with van der Waals surface area (Å²) in [5.74, 6) is 1.61. The number of rotatable bonds is 4. The van der Waals surface area contributed by atoms with E-state index in [-0.39, 0.29) is 12.1 Å². The van der Waals surface area contributed by atoms with Crippen LogP contribution in [0.2, 0.25) is 0 Å². The second-order valence-corrected chi connectivity index (χ2v) is 6.15. The van der Waals surface area contributed by atoms with Crippen molar-refractivity contribution in [3.8, 4) is 0 Å². The Hall–Kier alpha value is -2.37. The summed E-state index contributed by atoms with van der Waals surface area (Å²) >= 11 is 0. The number of likely N-dealkylation sites (tertiary alicyclic amines) is 1. The molecule has 1 aromatic carbocycles. The number of piperidine rings is 1. The van der Waals surface area contributed by atoms with Gasteiger partial charge in [-0.25, -0.2) is 14.5 Å². The Balaban J connectivity index is 1.80. The number of nitrogens with zero attached hydrogens (tertiary/aromatic N) is 4. The van der Waals surface area contributed by atoms with Crippen molar-refractivity contribution < 1.29 is 9.53 Å². The van der Waals surface area contributed by atoms with Crippen molar-refractivity contribution in [2.75, 3.05) is 13.7 Å². The molecule has 1 fully saturated rings. The quantitative estimate of drug-likeness (QED) is 0.865. The predicted octanol–water partition coefficient (Wildman–Crippen LogP) is 3.12. The molecule has 1 aromatic heterocycles. The number of methoxy groups -OCH3 is 1. The minimum Gasteiger partial charge on any atom is -0.453 e. The van der Waals surface area contributed by atoms with Gasteiger partial charge in [-0.05, 0) is 38.2 Å². The second-order valence-electron chi connectivity index (χ2n) is 6.15. The van der Waals surface area contributed by atoms with E-state index < -0.39 is 0 Å². The van der Waals surface area contributed by atoms with E-state index >= 15 is 0 Å². The van der Waals surface area contributed by atoms with Crippen LogP contribution >= 0.6 is 0 Å². The molecule has 6 heteroatoms. The standard InChI is InChI=1S/C18H24N4O2/c1-14-19-17(16-10-6-7-12-21(16)18(23)24-2)22(20-14)13-11-15-8-4-3-5-9-15/h3-5,8-9,16H,6-7,10-13H2,1-2H3/t16-/m0/s1. The first-order valence-corrected chi connectivity index (χ1v) is 8.49. The lowest BCUT2D eigenvalue weighted by Crippen LogP contribution is -2.39. The number of ether oxygens (including phenoxy) is 1. The van der Waals surface area contributed by atoms with Gasteiger partial charge in [0, 0.05) is 13.1 Å². The summed E-state index contributed by atoms with van der Waals surface area (Å²) in [6.45, 7) is 3.36. The van der Waals surface area contributed by atoms with Gasteiger partial charge in [-0.1, -0.05) is 30.3 Å². The molecular weight excluding hydrogens is 304 g/mol. The largest absolute Gasteiger partial charge is 0.453 e. The van der Waals surface area contributed by atoms with Gasteiger partial charge in [0.25, 0.3) is 0 Å². The maximum Gasteiger partial charge on any atom is 0.410 e. The number of carbonyl (C=O) groups is 1. The molecule has 128 valence electrons. The van der Waals surface area contributed by atoms with E-state index in [1.54, 1.807) is 4.90 Å². The van der Waals surface area contributed by atoms with Gasteiger partial charge in [0.15, 0.2) is 0 Å². The van der Waals surface area contributed by atoms with Crippen LogP contribution < -0.4 is 0 Å². The Labute approximate surface area is 142 Å². The summed E-state index contributed by atoms with van der Waals surface area (Å²) in [6, 6.07) is 10.3. The Morgan fingerprint density at radius 2 is 2.08 bits per heavy atom. The van der Waals surface area contributed by atoms with Crippen LogP contribution in [0.5, 0.6) is 0 Å². The number of aromatic nitrogens is 3. The topological polar surface area (TPSA) is 60.2 Å². The van der Waals surface area contributed by atoms with E-state index in [0.29, 0.717) is 6.54 Å². The van der Waals surface area contributed by atoms with Gasteiger partial charge in [-0.15, -0.1) is 0 Å². The van der Waals surface area contributed by atoms with Crippen molar-refractivity contribution in [3.05, 3.63) is 47.5 Å². The summed E-state index contributed by atoms with van der Waals surface area (Å²) in [4.78, 5) is 18.5. The number of hydrogen-bond acceptors (Lipinski definition) is 4. The van der Waals surface area contributed by atoms with Gasteiger partial charge >= 0.3 is 6.09 Å². The van der Waals surface area contributed by atoms with Gasteiger partial charge < -0.3 is 4.74 Å². The first kappa shape index (κ1) is 16.5. The summed E-state index contributed by atoms with van der Waals surface area (Å²) in [5, 5.41) is 4.55. The average molecular weight is 328 g/mol. The number of hydrogen-bond donors (Lipinski definition) is 0. The molecule has 24 heavy (non-hydrogen) atoms. The minimum atomic E-state index is -0.282. The highest BCUT2D eigenvalue weighted by Gasteiger charge is 2.32. The molecule has 1 aliphatic rings. The molecule has 1 atom stereocenters. The van der Waals surface area contributed by atoms with Gasteiger partial charge in [0.2, 0.25) is 0 Å². The molecule has 0 N–H and O–H groups in total. The van der Waals surface area contributed by atoms with Crippen molar-refractivity contribution in [2.24, 2.45) is 0 Å². The first-order chi connectivity index (χ1) is 11.7. The van der Waals surface area contributed by atoms with Gasteiger partial charge in [0.05, 0.1) is 13.2 Å². The number of amides is 1. The van der Waals surface area contributed by atoms with E-state index in [0.717, 1.165) is 43.9 Å². The van der Waals surface area contributed by atoms with Crippen molar-refractivity contribution in [2.45, 2.75) is 45.2 Å². The lowest BCUT2D eigenvalue weighted by Gasteiger charge is -2.33. The van der Waals surface area contributed by atoms with Crippen molar-refractivity contribution >= 4 is 6.09 Å². The van der Waals surface area contributed by atoms with Crippen molar-refractivity contribution in [3.63, 3.8) is 0 Å². The van der Waals surface area contributed by atoms with Crippen LogP contribution in [-0.4, -0.2) is 39.4 Å². The lowest BCUT2D eigenvalue weighted by atomic mass is 10.0. The van der Waals surface area contributed by atoms with Crippen molar-refractivity contribution in [1.29, 1.82) is 0 Å². The van der Waals surface area contributed by atoms with Crippen molar-refractivity contribution in [1.82, 2.24) is 19.7 Å². The summed E-state index contributed by atoms with van der Waals surface area (Å²) in [6.07, 6.45) is 3.60. The molecule has 0 aliphatic carbocycles. The summed E-state index contributed by atoms with van der Waals surface area (Å²) in [5.41, 5.74) is 1.27. The van der Waals surface area contributed by atoms with E-state index in [4.69, 9.17) is 4.74 Å². The fraction of sp³-hybridized carbons (Fsp3) is 0.500. The molecular formula is C18H24N4O2. The van der Waals surface area contributed by atoms with Gasteiger partial charge in [-0.3, -0.25) is 4.90 Å². The maximum atomic E-state index is 12.1. The van der Waals surface area contributed by atoms with E-state index in [2.05, 4.69) is 22.2 Å². The second kappa shape index (κ2) is 7.47. The zero-order valence-corrected chi connectivity index (χ0v) is 14.3. The Morgan fingerprint density at radius 1 is 1.29 bits per heavy atom. The van der Waals surface area contributed by atoms with E-state index in [1.807, 2.05) is 29.8 Å².